The molecule has 0 aliphatic heterocycles. The molecule has 6 nitrogen and oxygen atoms in total. The molecule has 4 aromatic rings. The second-order valence-electron chi connectivity index (χ2n) is 9.40. The fourth-order valence-electron chi connectivity index (χ4n) is 4.20. The van der Waals surface area contributed by atoms with Crippen LogP contribution < -0.4 is 14.8 Å². The number of halogens is 3. The van der Waals surface area contributed by atoms with Gasteiger partial charge in [0.1, 0.15) is 18.1 Å². The lowest BCUT2D eigenvalue weighted by Gasteiger charge is -2.11. The molecular formula is C31H30F3N3O3. The van der Waals surface area contributed by atoms with E-state index in [-0.39, 0.29) is 12.5 Å². The Kier molecular flexibility index (Phi) is 8.62. The largest absolute Gasteiger partial charge is 0.496 e. The zero-order chi connectivity index (χ0) is 28.9. The van der Waals surface area contributed by atoms with Crippen molar-refractivity contribution >= 4 is 17.7 Å². The highest BCUT2D eigenvalue weighted by molar-refractivity contribution is 6.02. The van der Waals surface area contributed by atoms with Crippen molar-refractivity contribution < 1.29 is 27.4 Å². The highest BCUT2D eigenvalue weighted by Crippen LogP contribution is 2.30. The van der Waals surface area contributed by atoms with Crippen LogP contribution in [-0.2, 0) is 24.1 Å². The van der Waals surface area contributed by atoms with Crippen molar-refractivity contribution in [1.29, 1.82) is 0 Å². The minimum Gasteiger partial charge on any atom is -0.496 e. The van der Waals surface area contributed by atoms with Crippen molar-refractivity contribution in [2.24, 2.45) is 0 Å². The smallest absolute Gasteiger partial charge is 0.416 e. The third kappa shape index (κ3) is 7.11. The van der Waals surface area contributed by atoms with E-state index < -0.39 is 11.7 Å². The Morgan fingerprint density at radius 3 is 2.48 bits per heavy atom. The van der Waals surface area contributed by atoms with Gasteiger partial charge in [-0.15, -0.1) is 0 Å². The number of anilines is 1. The molecule has 0 fully saturated rings. The van der Waals surface area contributed by atoms with Gasteiger partial charge in [-0.1, -0.05) is 35.9 Å². The molecule has 1 heterocycles. The van der Waals surface area contributed by atoms with E-state index in [2.05, 4.69) is 10.4 Å². The molecule has 40 heavy (non-hydrogen) atoms. The molecule has 1 N–H and O–H groups in total. The first-order valence-corrected chi connectivity index (χ1v) is 12.6. The Morgan fingerprint density at radius 1 is 1.02 bits per heavy atom. The summed E-state index contributed by atoms with van der Waals surface area (Å²) in [5.41, 5.74) is 4.21. The highest BCUT2D eigenvalue weighted by atomic mass is 19.4. The van der Waals surface area contributed by atoms with Gasteiger partial charge >= 0.3 is 6.18 Å². The first-order chi connectivity index (χ1) is 19.0. The SMILES string of the molecule is COc1ccc(/C=C/C(=O)Nc2c(C)nn(Cc3cccc(C(F)(F)F)c3)c2C)cc1COc1ccc(C)cc1. The molecule has 0 atom stereocenters. The van der Waals surface area contributed by atoms with Crippen LogP contribution >= 0.6 is 0 Å². The summed E-state index contributed by atoms with van der Waals surface area (Å²) in [6.45, 7) is 5.94. The third-order valence-corrected chi connectivity index (χ3v) is 6.36. The lowest BCUT2D eigenvalue weighted by atomic mass is 10.1. The molecule has 1 aromatic heterocycles. The molecule has 0 bridgehead atoms. The zero-order valence-electron chi connectivity index (χ0n) is 22.7. The molecule has 0 unspecified atom stereocenters. The number of ether oxygens (including phenoxy) is 2. The van der Waals surface area contributed by atoms with Crippen LogP contribution in [0, 0.1) is 20.8 Å². The number of carbonyl (C=O) groups excluding carboxylic acids is 1. The summed E-state index contributed by atoms with van der Waals surface area (Å²) in [6, 6.07) is 18.4. The van der Waals surface area contributed by atoms with Crippen molar-refractivity contribution in [3.63, 3.8) is 0 Å². The number of alkyl halides is 3. The summed E-state index contributed by atoms with van der Waals surface area (Å²) in [7, 11) is 1.59. The molecule has 0 spiro atoms. The number of rotatable bonds is 9. The second-order valence-corrected chi connectivity index (χ2v) is 9.40. The normalized spacial score (nSPS) is 11.6. The standard InChI is InChI=1S/C31H30F3N3O3/c1-20-8-12-27(13-9-20)40-19-25-16-23(10-14-28(25)39-4)11-15-29(38)35-30-21(2)36-37(22(30)3)18-24-6-5-7-26(17-24)31(32,33)34/h5-17H,18-19H2,1-4H3,(H,35,38)/b15-11+. The molecule has 208 valence electrons. The van der Waals surface area contributed by atoms with E-state index in [1.54, 1.807) is 37.8 Å². The summed E-state index contributed by atoms with van der Waals surface area (Å²) in [4.78, 5) is 12.7. The van der Waals surface area contributed by atoms with Crippen molar-refractivity contribution in [2.45, 2.75) is 40.1 Å². The molecule has 0 radical (unpaired) electrons. The van der Waals surface area contributed by atoms with Gasteiger partial charge in [-0.05, 0) is 74.4 Å². The van der Waals surface area contributed by atoms with Crippen molar-refractivity contribution in [2.75, 3.05) is 12.4 Å². The Bertz CT molecular complexity index is 1520. The summed E-state index contributed by atoms with van der Waals surface area (Å²) in [5, 5.41) is 7.26. The Labute approximate surface area is 231 Å². The van der Waals surface area contributed by atoms with E-state index in [1.165, 1.54) is 12.1 Å². The number of amides is 1. The van der Waals surface area contributed by atoms with Gasteiger partial charge in [-0.2, -0.15) is 18.3 Å². The predicted octanol–water partition coefficient (Wildman–Crippen LogP) is 7.11. The number of hydrogen-bond acceptors (Lipinski definition) is 4. The number of benzene rings is 3. The molecule has 9 heteroatoms. The summed E-state index contributed by atoms with van der Waals surface area (Å²) in [5.74, 6) is 1.05. The van der Waals surface area contributed by atoms with Gasteiger partial charge in [0.2, 0.25) is 5.91 Å². The fourth-order valence-corrected chi connectivity index (χ4v) is 4.20. The molecule has 4 rings (SSSR count). The topological polar surface area (TPSA) is 65.4 Å². The van der Waals surface area contributed by atoms with Gasteiger partial charge in [0, 0.05) is 11.6 Å². The van der Waals surface area contributed by atoms with Gasteiger partial charge in [0.25, 0.3) is 0 Å². The number of aromatic nitrogens is 2. The number of nitrogens with one attached hydrogen (secondary N) is 1. The van der Waals surface area contributed by atoms with Gasteiger partial charge in [-0.25, -0.2) is 0 Å². The lowest BCUT2D eigenvalue weighted by Crippen LogP contribution is -2.10. The van der Waals surface area contributed by atoms with Crippen LogP contribution in [0.25, 0.3) is 6.08 Å². The minimum atomic E-state index is -4.42. The van der Waals surface area contributed by atoms with Crippen LogP contribution in [0.3, 0.4) is 0 Å². The van der Waals surface area contributed by atoms with Gasteiger partial charge in [-0.3, -0.25) is 9.48 Å². The Morgan fingerprint density at radius 2 is 1.77 bits per heavy atom. The third-order valence-electron chi connectivity index (χ3n) is 6.36. The maximum absolute atomic E-state index is 13.1. The molecular weight excluding hydrogens is 519 g/mol. The summed E-state index contributed by atoms with van der Waals surface area (Å²) in [6.07, 6.45) is -1.33. The Hall–Kier alpha value is -4.53. The van der Waals surface area contributed by atoms with Crippen molar-refractivity contribution in [3.05, 3.63) is 112 Å². The van der Waals surface area contributed by atoms with Crippen LogP contribution in [-0.4, -0.2) is 22.8 Å². The average molecular weight is 550 g/mol. The number of carbonyl (C=O) groups is 1. The number of hydrogen-bond donors (Lipinski definition) is 1. The number of aryl methyl sites for hydroxylation is 2. The first kappa shape index (κ1) is 28.5. The van der Waals surface area contributed by atoms with Crippen LogP contribution in [0.4, 0.5) is 18.9 Å². The van der Waals surface area contributed by atoms with E-state index in [0.717, 1.165) is 34.6 Å². The van der Waals surface area contributed by atoms with Crippen LogP contribution in [0.15, 0.2) is 72.8 Å². The van der Waals surface area contributed by atoms with E-state index in [9.17, 15) is 18.0 Å². The first-order valence-electron chi connectivity index (χ1n) is 12.6. The van der Waals surface area contributed by atoms with Crippen LogP contribution in [0.5, 0.6) is 11.5 Å². The van der Waals surface area contributed by atoms with Crippen LogP contribution in [0.2, 0.25) is 0 Å². The highest BCUT2D eigenvalue weighted by Gasteiger charge is 2.30. The summed E-state index contributed by atoms with van der Waals surface area (Å²) >= 11 is 0. The van der Waals surface area contributed by atoms with Gasteiger partial charge in [0.15, 0.2) is 0 Å². The van der Waals surface area contributed by atoms with Gasteiger partial charge < -0.3 is 14.8 Å². The number of methoxy groups -OCH3 is 1. The zero-order valence-corrected chi connectivity index (χ0v) is 22.7. The molecule has 1 amide bonds. The van der Waals surface area contributed by atoms with Gasteiger partial charge in [0.05, 0.1) is 36.3 Å². The average Bonchev–Trinajstić information content (AvgIpc) is 3.18. The van der Waals surface area contributed by atoms with E-state index >= 15 is 0 Å². The summed E-state index contributed by atoms with van der Waals surface area (Å²) < 4.78 is 52.2. The molecule has 0 saturated heterocycles. The second kappa shape index (κ2) is 12.1. The molecule has 0 aliphatic carbocycles. The van der Waals surface area contributed by atoms with E-state index in [0.29, 0.717) is 35.0 Å². The maximum Gasteiger partial charge on any atom is 0.416 e. The van der Waals surface area contributed by atoms with E-state index in [4.69, 9.17) is 9.47 Å². The quantitative estimate of drug-likeness (QED) is 0.226. The monoisotopic (exact) mass is 549 g/mol. The fraction of sp³-hybridized carbons (Fsp3) is 0.226. The Balaban J connectivity index is 1.43. The molecule has 0 aliphatic rings. The molecule has 0 saturated carbocycles. The van der Waals surface area contributed by atoms with Crippen molar-refractivity contribution in [1.82, 2.24) is 9.78 Å². The minimum absolute atomic E-state index is 0.140. The number of nitrogens with zero attached hydrogens (tertiary/aromatic N) is 2. The predicted molar refractivity (Wildman–Crippen MR) is 148 cm³/mol. The maximum atomic E-state index is 13.1. The van der Waals surface area contributed by atoms with E-state index in [1.807, 2.05) is 49.4 Å². The van der Waals surface area contributed by atoms with Crippen LogP contribution in [0.1, 0.15) is 39.2 Å². The van der Waals surface area contributed by atoms with Crippen molar-refractivity contribution in [3.8, 4) is 11.5 Å². The lowest BCUT2D eigenvalue weighted by molar-refractivity contribution is -0.137. The molecule has 3 aromatic carbocycles.